The SMILES string of the molecule is CC(=C=O)c1c(C)cccc1C. The Hall–Kier alpha value is -1.33. The van der Waals surface area contributed by atoms with Gasteiger partial charge in [0.25, 0.3) is 0 Å². The molecule has 0 heterocycles. The second-order valence-electron chi connectivity index (χ2n) is 2.99. The van der Waals surface area contributed by atoms with Crippen molar-refractivity contribution < 1.29 is 4.79 Å². The minimum Gasteiger partial charge on any atom is -0.233 e. The summed E-state index contributed by atoms with van der Waals surface area (Å²) in [5.41, 5.74) is 3.99. The normalized spacial score (nSPS) is 9.25. The lowest BCUT2D eigenvalue weighted by Gasteiger charge is -2.06. The quantitative estimate of drug-likeness (QED) is 0.577. The predicted octanol–water partition coefficient (Wildman–Crippen LogP) is 2.54. The highest BCUT2D eigenvalue weighted by molar-refractivity contribution is 5.88. The second kappa shape index (κ2) is 3.38. The average Bonchev–Trinajstić information content (AvgIpc) is 2.03. The van der Waals surface area contributed by atoms with Gasteiger partial charge in [0.05, 0.1) is 0 Å². The molecule has 0 saturated heterocycles. The summed E-state index contributed by atoms with van der Waals surface area (Å²) in [6.07, 6.45) is 0. The van der Waals surface area contributed by atoms with Crippen molar-refractivity contribution in [1.82, 2.24) is 0 Å². The number of hydrogen-bond donors (Lipinski definition) is 0. The highest BCUT2D eigenvalue weighted by atomic mass is 16.1. The highest BCUT2D eigenvalue weighted by Gasteiger charge is 2.03. The molecule has 0 radical (unpaired) electrons. The van der Waals surface area contributed by atoms with Crippen molar-refractivity contribution >= 4 is 11.5 Å². The molecule has 1 aromatic rings. The summed E-state index contributed by atoms with van der Waals surface area (Å²) >= 11 is 0. The molecule has 0 fully saturated rings. The molecule has 62 valence electrons. The largest absolute Gasteiger partial charge is 0.233 e. The van der Waals surface area contributed by atoms with Gasteiger partial charge in [0.1, 0.15) is 5.94 Å². The molecule has 0 saturated carbocycles. The molecule has 0 spiro atoms. The van der Waals surface area contributed by atoms with Gasteiger partial charge in [-0.1, -0.05) is 18.2 Å². The van der Waals surface area contributed by atoms with Gasteiger partial charge in [-0.25, -0.2) is 4.79 Å². The Morgan fingerprint density at radius 2 is 1.75 bits per heavy atom. The van der Waals surface area contributed by atoms with E-state index in [4.69, 9.17) is 0 Å². The first-order valence-electron chi connectivity index (χ1n) is 3.95. The molecule has 12 heavy (non-hydrogen) atoms. The van der Waals surface area contributed by atoms with Gasteiger partial charge in [0.15, 0.2) is 0 Å². The van der Waals surface area contributed by atoms with Crippen LogP contribution in [0.2, 0.25) is 0 Å². The van der Waals surface area contributed by atoms with Gasteiger partial charge in [0.2, 0.25) is 0 Å². The van der Waals surface area contributed by atoms with Crippen molar-refractivity contribution in [3.05, 3.63) is 34.9 Å². The fourth-order valence-corrected chi connectivity index (χ4v) is 1.46. The van der Waals surface area contributed by atoms with E-state index in [-0.39, 0.29) is 0 Å². The summed E-state index contributed by atoms with van der Waals surface area (Å²) in [5, 5.41) is 0. The molecule has 0 aromatic heterocycles. The molecule has 0 bridgehead atoms. The van der Waals surface area contributed by atoms with Gasteiger partial charge in [-0.3, -0.25) is 0 Å². The lowest BCUT2D eigenvalue weighted by atomic mass is 9.98. The number of carbonyl (C=O) groups excluding carboxylic acids is 1. The molecular formula is C11H12O. The van der Waals surface area contributed by atoms with E-state index >= 15 is 0 Å². The predicted molar refractivity (Wildman–Crippen MR) is 50.7 cm³/mol. The molecule has 1 nitrogen and oxygen atoms in total. The van der Waals surface area contributed by atoms with E-state index in [1.54, 1.807) is 6.92 Å². The number of hydrogen-bond acceptors (Lipinski definition) is 1. The summed E-state index contributed by atoms with van der Waals surface area (Å²) in [6, 6.07) is 6.00. The molecule has 1 rings (SSSR count). The Bertz CT molecular complexity index is 324. The van der Waals surface area contributed by atoms with Crippen molar-refractivity contribution in [3.8, 4) is 0 Å². The van der Waals surface area contributed by atoms with Gasteiger partial charge in [-0.2, -0.15) is 0 Å². The number of benzene rings is 1. The van der Waals surface area contributed by atoms with Gasteiger partial charge in [-0.15, -0.1) is 0 Å². The molecule has 1 aromatic carbocycles. The summed E-state index contributed by atoms with van der Waals surface area (Å²) in [4.78, 5) is 10.4. The van der Waals surface area contributed by atoms with Crippen LogP contribution in [0, 0.1) is 13.8 Å². The molecule has 0 aliphatic carbocycles. The number of aryl methyl sites for hydroxylation is 2. The lowest BCUT2D eigenvalue weighted by molar-refractivity contribution is 0.569. The average molecular weight is 160 g/mol. The van der Waals surface area contributed by atoms with E-state index in [0.29, 0.717) is 5.57 Å². The van der Waals surface area contributed by atoms with Crippen LogP contribution in [0.25, 0.3) is 5.57 Å². The maximum Gasteiger partial charge on any atom is 0.128 e. The fraction of sp³-hybridized carbons (Fsp3) is 0.273. The van der Waals surface area contributed by atoms with E-state index in [0.717, 1.165) is 16.7 Å². The first-order valence-corrected chi connectivity index (χ1v) is 3.95. The first-order chi connectivity index (χ1) is 5.66. The van der Waals surface area contributed by atoms with Crippen LogP contribution in [0.3, 0.4) is 0 Å². The standard InChI is InChI=1S/C11H12O/c1-8-5-4-6-9(2)11(8)10(3)7-12/h4-6H,1-3H3. The number of allylic oxidation sites excluding steroid dienone is 1. The molecule has 0 N–H and O–H groups in total. The highest BCUT2D eigenvalue weighted by Crippen LogP contribution is 2.19. The Morgan fingerprint density at radius 3 is 2.17 bits per heavy atom. The van der Waals surface area contributed by atoms with Crippen LogP contribution in [-0.4, -0.2) is 5.94 Å². The van der Waals surface area contributed by atoms with Crippen LogP contribution in [-0.2, 0) is 4.79 Å². The molecule has 0 aliphatic rings. The maximum atomic E-state index is 10.4. The Morgan fingerprint density at radius 1 is 1.25 bits per heavy atom. The van der Waals surface area contributed by atoms with Crippen LogP contribution in [0.4, 0.5) is 0 Å². The summed E-state index contributed by atoms with van der Waals surface area (Å²) in [6.45, 7) is 5.80. The van der Waals surface area contributed by atoms with Crippen LogP contribution in [0.15, 0.2) is 18.2 Å². The summed E-state index contributed by atoms with van der Waals surface area (Å²) in [5.74, 6) is 1.93. The zero-order chi connectivity index (χ0) is 9.14. The Kier molecular flexibility index (Phi) is 2.47. The zero-order valence-corrected chi connectivity index (χ0v) is 7.64. The van der Waals surface area contributed by atoms with E-state index in [1.807, 2.05) is 38.0 Å². The van der Waals surface area contributed by atoms with Crippen LogP contribution < -0.4 is 0 Å². The van der Waals surface area contributed by atoms with Crippen molar-refractivity contribution in [1.29, 1.82) is 0 Å². The molecule has 1 heteroatoms. The van der Waals surface area contributed by atoms with Crippen molar-refractivity contribution in [3.63, 3.8) is 0 Å². The topological polar surface area (TPSA) is 17.1 Å². The zero-order valence-electron chi connectivity index (χ0n) is 7.64. The minimum atomic E-state index is 0.686. The van der Waals surface area contributed by atoms with Gasteiger partial charge in [0, 0.05) is 5.57 Å². The maximum absolute atomic E-state index is 10.4. The minimum absolute atomic E-state index is 0.686. The number of rotatable bonds is 1. The Labute approximate surface area is 72.7 Å². The van der Waals surface area contributed by atoms with E-state index in [1.165, 1.54) is 0 Å². The van der Waals surface area contributed by atoms with E-state index in [2.05, 4.69) is 0 Å². The smallest absolute Gasteiger partial charge is 0.128 e. The van der Waals surface area contributed by atoms with Gasteiger partial charge >= 0.3 is 0 Å². The Balaban J connectivity index is 3.41. The van der Waals surface area contributed by atoms with Crippen LogP contribution in [0.1, 0.15) is 23.6 Å². The molecule has 0 atom stereocenters. The molecular weight excluding hydrogens is 148 g/mol. The van der Waals surface area contributed by atoms with Crippen LogP contribution >= 0.6 is 0 Å². The first kappa shape index (κ1) is 8.76. The third-order valence-electron chi connectivity index (χ3n) is 2.01. The van der Waals surface area contributed by atoms with Gasteiger partial charge in [-0.05, 0) is 37.5 Å². The van der Waals surface area contributed by atoms with Crippen molar-refractivity contribution in [2.45, 2.75) is 20.8 Å². The second-order valence-corrected chi connectivity index (χ2v) is 2.99. The van der Waals surface area contributed by atoms with E-state index in [9.17, 15) is 4.79 Å². The summed E-state index contributed by atoms with van der Waals surface area (Å²) in [7, 11) is 0. The molecule has 0 amide bonds. The lowest BCUT2D eigenvalue weighted by Crippen LogP contribution is -1.90. The monoisotopic (exact) mass is 160 g/mol. The summed E-state index contributed by atoms with van der Waals surface area (Å²) < 4.78 is 0. The van der Waals surface area contributed by atoms with Gasteiger partial charge < -0.3 is 0 Å². The fourth-order valence-electron chi connectivity index (χ4n) is 1.46. The third kappa shape index (κ3) is 1.46. The van der Waals surface area contributed by atoms with E-state index < -0.39 is 0 Å². The molecule has 0 aliphatic heterocycles. The van der Waals surface area contributed by atoms with Crippen molar-refractivity contribution in [2.75, 3.05) is 0 Å². The molecule has 0 unspecified atom stereocenters. The van der Waals surface area contributed by atoms with Crippen molar-refractivity contribution in [2.24, 2.45) is 0 Å². The third-order valence-corrected chi connectivity index (χ3v) is 2.01. The van der Waals surface area contributed by atoms with Crippen LogP contribution in [0.5, 0.6) is 0 Å².